The van der Waals surface area contributed by atoms with Gasteiger partial charge < -0.3 is 0 Å². The number of alkyl halides is 2. The van der Waals surface area contributed by atoms with E-state index in [-0.39, 0.29) is 17.6 Å². The van der Waals surface area contributed by atoms with Crippen LogP contribution in [0.4, 0.5) is 0 Å². The first-order valence-electron chi connectivity index (χ1n) is 7.01. The fourth-order valence-corrected chi connectivity index (χ4v) is 4.51. The van der Waals surface area contributed by atoms with Crippen LogP contribution in [0.2, 0.25) is 0 Å². The fraction of sp³-hybridized carbons (Fsp3) is 0.929. The Morgan fingerprint density at radius 2 is 1.88 bits per heavy atom. The molecular weight excluding hydrogens is 255 g/mol. The molecule has 3 atom stereocenters. The highest BCUT2D eigenvalue weighted by molar-refractivity contribution is 6.60. The maximum atomic E-state index is 11.7. The Hall–Kier alpha value is 0.250. The molecule has 0 saturated heterocycles. The number of ketones is 1. The number of hydrogen-bond acceptors (Lipinski definition) is 1. The summed E-state index contributed by atoms with van der Waals surface area (Å²) in [6.45, 7) is 2.23. The molecule has 0 aliphatic heterocycles. The highest BCUT2D eigenvalue weighted by Gasteiger charge is 2.64. The van der Waals surface area contributed by atoms with Crippen LogP contribution < -0.4 is 0 Å². The summed E-state index contributed by atoms with van der Waals surface area (Å²) < 4.78 is -1.05. The quantitative estimate of drug-likeness (QED) is 0.506. The van der Waals surface area contributed by atoms with Crippen molar-refractivity contribution in [2.24, 2.45) is 17.8 Å². The third-order valence-electron chi connectivity index (χ3n) is 4.55. The molecule has 1 nitrogen and oxygen atoms in total. The monoisotopic (exact) mass is 276 g/mol. The van der Waals surface area contributed by atoms with E-state index in [0.717, 1.165) is 12.8 Å². The molecular formula is C14H22Cl2O. The van der Waals surface area contributed by atoms with Crippen LogP contribution in [0, 0.1) is 17.8 Å². The second kappa shape index (κ2) is 5.48. The van der Waals surface area contributed by atoms with Crippen LogP contribution in [-0.2, 0) is 4.79 Å². The van der Waals surface area contributed by atoms with Gasteiger partial charge in [-0.15, -0.1) is 0 Å². The zero-order valence-electron chi connectivity index (χ0n) is 10.6. The number of carbonyl (C=O) groups excluding carboxylic acids is 1. The normalized spacial score (nSPS) is 34.5. The second-order valence-corrected chi connectivity index (χ2v) is 7.05. The third-order valence-corrected chi connectivity index (χ3v) is 5.43. The molecule has 0 aromatic carbocycles. The Morgan fingerprint density at radius 1 is 1.18 bits per heavy atom. The fourth-order valence-electron chi connectivity index (χ4n) is 3.57. The molecule has 2 saturated carbocycles. The van der Waals surface area contributed by atoms with E-state index < -0.39 is 4.33 Å². The molecule has 0 radical (unpaired) electrons. The summed E-state index contributed by atoms with van der Waals surface area (Å²) in [5.41, 5.74) is 0. The average Bonchev–Trinajstić information content (AvgIpc) is 2.70. The Labute approximate surface area is 114 Å². The van der Waals surface area contributed by atoms with Crippen molar-refractivity contribution in [1.29, 1.82) is 0 Å². The molecule has 3 heteroatoms. The van der Waals surface area contributed by atoms with Gasteiger partial charge in [0.15, 0.2) is 10.1 Å². The largest absolute Gasteiger partial charge is 0.296 e. The minimum absolute atomic E-state index is 0.0827. The number of fused-ring (bicyclic) bond motifs is 1. The summed E-state index contributed by atoms with van der Waals surface area (Å²) in [4.78, 5) is 11.7. The number of unbranched alkanes of at least 4 members (excludes halogenated alkanes) is 4. The molecule has 0 heterocycles. The minimum atomic E-state index is -1.05. The Bertz CT molecular complexity index is 288. The molecule has 2 aliphatic carbocycles. The van der Waals surface area contributed by atoms with Gasteiger partial charge in [-0.05, 0) is 18.8 Å². The summed E-state index contributed by atoms with van der Waals surface area (Å²) in [7, 11) is 0. The maximum Gasteiger partial charge on any atom is 0.179 e. The van der Waals surface area contributed by atoms with Gasteiger partial charge in [0.2, 0.25) is 0 Å². The van der Waals surface area contributed by atoms with Gasteiger partial charge in [0.25, 0.3) is 0 Å². The first-order chi connectivity index (χ1) is 8.09. The van der Waals surface area contributed by atoms with E-state index in [0.29, 0.717) is 5.92 Å². The molecule has 2 fully saturated rings. The number of rotatable bonds is 6. The van der Waals surface area contributed by atoms with E-state index in [2.05, 4.69) is 6.92 Å². The first kappa shape index (κ1) is 13.7. The zero-order chi connectivity index (χ0) is 12.5. The van der Waals surface area contributed by atoms with Crippen LogP contribution in [-0.4, -0.2) is 10.1 Å². The van der Waals surface area contributed by atoms with Crippen molar-refractivity contribution in [2.45, 2.75) is 62.6 Å². The minimum Gasteiger partial charge on any atom is -0.296 e. The van der Waals surface area contributed by atoms with E-state index in [1.165, 1.54) is 38.5 Å². The third kappa shape index (κ3) is 2.51. The predicted octanol–water partition coefficient (Wildman–Crippen LogP) is 4.75. The SMILES string of the molecule is CCCCCCCC1CCC2C(=O)C(Cl)(Cl)C12. The molecule has 17 heavy (non-hydrogen) atoms. The van der Waals surface area contributed by atoms with Gasteiger partial charge in [-0.2, -0.15) is 0 Å². The number of hydrogen-bond donors (Lipinski definition) is 0. The molecule has 0 amide bonds. The smallest absolute Gasteiger partial charge is 0.179 e. The van der Waals surface area contributed by atoms with Gasteiger partial charge in [0, 0.05) is 11.8 Å². The molecule has 3 unspecified atom stereocenters. The number of carbonyl (C=O) groups is 1. The summed E-state index contributed by atoms with van der Waals surface area (Å²) in [5.74, 6) is 1.11. The molecule has 0 spiro atoms. The van der Waals surface area contributed by atoms with Gasteiger partial charge in [0.1, 0.15) is 0 Å². The van der Waals surface area contributed by atoms with Crippen LogP contribution in [0.5, 0.6) is 0 Å². The van der Waals surface area contributed by atoms with Crippen molar-refractivity contribution in [3.05, 3.63) is 0 Å². The van der Waals surface area contributed by atoms with Crippen molar-refractivity contribution >= 4 is 29.0 Å². The topological polar surface area (TPSA) is 17.1 Å². The number of halogens is 2. The van der Waals surface area contributed by atoms with E-state index in [1.54, 1.807) is 0 Å². The molecule has 2 aliphatic rings. The van der Waals surface area contributed by atoms with Gasteiger partial charge in [-0.1, -0.05) is 68.7 Å². The first-order valence-corrected chi connectivity index (χ1v) is 7.76. The van der Waals surface area contributed by atoms with Crippen LogP contribution in [0.15, 0.2) is 0 Å². The zero-order valence-corrected chi connectivity index (χ0v) is 12.1. The van der Waals surface area contributed by atoms with Crippen molar-refractivity contribution in [2.75, 3.05) is 0 Å². The average molecular weight is 277 g/mol. The summed E-state index contributed by atoms with van der Waals surface area (Å²) in [6, 6.07) is 0. The molecule has 0 N–H and O–H groups in total. The van der Waals surface area contributed by atoms with Crippen molar-refractivity contribution in [3.8, 4) is 0 Å². The van der Waals surface area contributed by atoms with Crippen LogP contribution in [0.1, 0.15) is 58.3 Å². The summed E-state index contributed by atoms with van der Waals surface area (Å²) in [6.07, 6.45) is 9.92. The lowest BCUT2D eigenvalue weighted by atomic mass is 9.69. The lowest BCUT2D eigenvalue weighted by molar-refractivity contribution is -0.135. The maximum absolute atomic E-state index is 11.7. The Kier molecular flexibility index (Phi) is 4.41. The molecule has 0 aromatic heterocycles. The van der Waals surface area contributed by atoms with Crippen LogP contribution >= 0.6 is 23.2 Å². The lowest BCUT2D eigenvalue weighted by Crippen LogP contribution is -2.55. The second-order valence-electron chi connectivity index (χ2n) is 5.66. The van der Waals surface area contributed by atoms with Gasteiger partial charge in [-0.25, -0.2) is 0 Å². The Balaban J connectivity index is 1.74. The summed E-state index contributed by atoms with van der Waals surface area (Å²) in [5, 5.41) is 0. The van der Waals surface area contributed by atoms with Gasteiger partial charge in [-0.3, -0.25) is 4.79 Å². The standard InChI is InChI=1S/C14H22Cl2O/c1-2-3-4-5-6-7-10-8-9-11-12(10)14(15,16)13(11)17/h10-12H,2-9H2,1H3. The van der Waals surface area contributed by atoms with E-state index in [1.807, 2.05) is 0 Å². The molecule has 2 rings (SSSR count). The summed E-state index contributed by atoms with van der Waals surface area (Å²) >= 11 is 12.3. The van der Waals surface area contributed by atoms with Crippen molar-refractivity contribution < 1.29 is 4.79 Å². The highest BCUT2D eigenvalue weighted by Crippen LogP contribution is 2.60. The van der Waals surface area contributed by atoms with E-state index in [4.69, 9.17) is 23.2 Å². The van der Waals surface area contributed by atoms with Crippen LogP contribution in [0.3, 0.4) is 0 Å². The van der Waals surface area contributed by atoms with Crippen LogP contribution in [0.25, 0.3) is 0 Å². The Morgan fingerprint density at radius 3 is 2.59 bits per heavy atom. The predicted molar refractivity (Wildman–Crippen MR) is 72.5 cm³/mol. The molecule has 0 aromatic rings. The van der Waals surface area contributed by atoms with E-state index in [9.17, 15) is 4.79 Å². The molecule has 0 bridgehead atoms. The van der Waals surface area contributed by atoms with Crippen molar-refractivity contribution in [3.63, 3.8) is 0 Å². The van der Waals surface area contributed by atoms with Gasteiger partial charge >= 0.3 is 0 Å². The van der Waals surface area contributed by atoms with Crippen molar-refractivity contribution in [1.82, 2.24) is 0 Å². The van der Waals surface area contributed by atoms with Gasteiger partial charge in [0.05, 0.1) is 0 Å². The lowest BCUT2D eigenvalue weighted by Gasteiger charge is -2.44. The van der Waals surface area contributed by atoms with E-state index >= 15 is 0 Å². The highest BCUT2D eigenvalue weighted by atomic mass is 35.5. The molecule has 98 valence electrons. The number of Topliss-reactive ketones (excluding diaryl/α,β-unsaturated/α-hetero) is 1.